The lowest BCUT2D eigenvalue weighted by atomic mass is 10.2. The third-order valence-corrected chi connectivity index (χ3v) is 9.56. The molecule has 3 heterocycles. The van der Waals surface area contributed by atoms with Crippen LogP contribution in [-0.4, -0.2) is 45.8 Å². The molecule has 0 bridgehead atoms. The van der Waals surface area contributed by atoms with Gasteiger partial charge in [-0.05, 0) is 79.3 Å². The zero-order chi connectivity index (χ0) is 29.1. The first kappa shape index (κ1) is 27.1. The van der Waals surface area contributed by atoms with E-state index in [2.05, 4.69) is 25.2 Å². The number of rotatable bonds is 7. The number of nitrogens with zero attached hydrogens (tertiary/aromatic N) is 5. The summed E-state index contributed by atoms with van der Waals surface area (Å²) in [6, 6.07) is 20.4. The highest BCUT2D eigenvalue weighted by Crippen LogP contribution is 2.33. The zero-order valence-electron chi connectivity index (χ0n) is 22.8. The van der Waals surface area contributed by atoms with Crippen LogP contribution < -0.4 is 15.1 Å². The van der Waals surface area contributed by atoms with Crippen molar-refractivity contribution in [2.45, 2.75) is 11.4 Å². The molecule has 6 aromatic rings. The Morgan fingerprint density at radius 3 is 2.49 bits per heavy atom. The van der Waals surface area contributed by atoms with Crippen molar-refractivity contribution in [1.29, 1.82) is 0 Å². The Labute approximate surface area is 244 Å². The molecule has 3 aromatic carbocycles. The van der Waals surface area contributed by atoms with Gasteiger partial charge in [0.1, 0.15) is 5.75 Å². The van der Waals surface area contributed by atoms with Gasteiger partial charge in [0.15, 0.2) is 5.82 Å². The number of nitrogens with one attached hydrogen (secondary N) is 1. The number of halogens is 1. The second kappa shape index (κ2) is 10.1. The molecule has 12 heteroatoms. The summed E-state index contributed by atoms with van der Waals surface area (Å²) in [7, 11) is 2.79. The molecule has 0 amide bonds. The summed E-state index contributed by atoms with van der Waals surface area (Å²) in [6.45, 7) is 0.537. The van der Waals surface area contributed by atoms with Crippen LogP contribution in [0.1, 0.15) is 5.56 Å². The second-order valence-corrected chi connectivity index (χ2v) is 12.4. The monoisotopic (exact) mass is 634 g/mol. The Bertz CT molecular complexity index is 2140. The average molecular weight is 636 g/mol. The fourth-order valence-corrected chi connectivity index (χ4v) is 6.27. The standard InChI is InChI=1S/C29H27BrN6O4S/c1-31-41(38,39)21-9-11-23-26(16-21)36(19-7-12-24-27(15-19)34(3)29(37)33(24)2)28(32-23)25-6-5-13-35(25)17-18-14-20(40-4)8-10-22(18)30/h5-16,31H,17H2,1-4H3. The van der Waals surface area contributed by atoms with Gasteiger partial charge < -0.3 is 9.30 Å². The molecule has 0 saturated heterocycles. The second-order valence-electron chi connectivity index (χ2n) is 9.68. The molecular formula is C29H27BrN6O4S. The van der Waals surface area contributed by atoms with Gasteiger partial charge in [0.05, 0.1) is 39.8 Å². The largest absolute Gasteiger partial charge is 0.497 e. The Hall–Kier alpha value is -4.13. The van der Waals surface area contributed by atoms with E-state index in [-0.39, 0.29) is 10.6 Å². The summed E-state index contributed by atoms with van der Waals surface area (Å²) in [5, 5.41) is 0. The van der Waals surface area contributed by atoms with Crippen LogP contribution in [-0.2, 0) is 30.7 Å². The van der Waals surface area contributed by atoms with Crippen molar-refractivity contribution in [3.8, 4) is 23.0 Å². The number of fused-ring (bicyclic) bond motifs is 2. The third kappa shape index (κ3) is 4.48. The number of imidazole rings is 2. The Morgan fingerprint density at radius 2 is 1.73 bits per heavy atom. The van der Waals surface area contributed by atoms with Gasteiger partial charge in [-0.2, -0.15) is 0 Å². The molecule has 3 aromatic heterocycles. The van der Waals surface area contributed by atoms with Crippen molar-refractivity contribution in [3.05, 3.63) is 93.4 Å². The maximum absolute atomic E-state index is 12.7. The van der Waals surface area contributed by atoms with Crippen LogP contribution in [0.25, 0.3) is 39.3 Å². The van der Waals surface area contributed by atoms with Gasteiger partial charge in [-0.1, -0.05) is 15.9 Å². The summed E-state index contributed by atoms with van der Waals surface area (Å²) in [4.78, 5) is 17.8. The predicted molar refractivity (Wildman–Crippen MR) is 162 cm³/mol. The smallest absolute Gasteiger partial charge is 0.328 e. The van der Waals surface area contributed by atoms with Crippen LogP contribution >= 0.6 is 15.9 Å². The number of aromatic nitrogens is 5. The Balaban J connectivity index is 1.61. The van der Waals surface area contributed by atoms with Crippen molar-refractivity contribution in [3.63, 3.8) is 0 Å². The van der Waals surface area contributed by atoms with Crippen molar-refractivity contribution in [2.24, 2.45) is 14.1 Å². The highest BCUT2D eigenvalue weighted by molar-refractivity contribution is 9.10. The van der Waals surface area contributed by atoms with Crippen LogP contribution in [0, 0.1) is 0 Å². The molecule has 0 saturated carbocycles. The van der Waals surface area contributed by atoms with Gasteiger partial charge in [-0.3, -0.25) is 13.7 Å². The first-order chi connectivity index (χ1) is 19.6. The summed E-state index contributed by atoms with van der Waals surface area (Å²) in [5.74, 6) is 1.38. The molecule has 10 nitrogen and oxygen atoms in total. The van der Waals surface area contributed by atoms with E-state index in [4.69, 9.17) is 9.72 Å². The lowest BCUT2D eigenvalue weighted by Crippen LogP contribution is -2.19. The molecule has 0 unspecified atom stereocenters. The minimum Gasteiger partial charge on any atom is -0.497 e. The molecule has 210 valence electrons. The van der Waals surface area contributed by atoms with Gasteiger partial charge >= 0.3 is 5.69 Å². The highest BCUT2D eigenvalue weighted by Gasteiger charge is 2.21. The molecule has 0 fully saturated rings. The quantitative estimate of drug-likeness (QED) is 0.280. The maximum Gasteiger partial charge on any atom is 0.328 e. The number of methoxy groups -OCH3 is 1. The van der Waals surface area contributed by atoms with Gasteiger partial charge in [-0.15, -0.1) is 0 Å². The van der Waals surface area contributed by atoms with Crippen molar-refractivity contribution in [2.75, 3.05) is 14.2 Å². The molecule has 0 aliphatic rings. The topological polar surface area (TPSA) is 105 Å². The molecule has 6 rings (SSSR count). The average Bonchev–Trinajstić information content (AvgIpc) is 3.65. The molecular weight excluding hydrogens is 608 g/mol. The SMILES string of the molecule is CNS(=O)(=O)c1ccc2nc(-c3cccn3Cc3cc(OC)ccc3Br)n(-c3ccc4c(c3)n(C)c(=O)n4C)c2c1. The van der Waals surface area contributed by atoms with E-state index in [1.54, 1.807) is 48.5 Å². The first-order valence-electron chi connectivity index (χ1n) is 12.7. The van der Waals surface area contributed by atoms with E-state index in [1.807, 2.05) is 59.3 Å². The van der Waals surface area contributed by atoms with Gasteiger partial charge in [0.2, 0.25) is 10.0 Å². The molecule has 0 aliphatic heterocycles. The Kier molecular flexibility index (Phi) is 6.63. The van der Waals surface area contributed by atoms with Crippen molar-refractivity contribution < 1.29 is 13.2 Å². The van der Waals surface area contributed by atoms with Crippen LogP contribution in [0.5, 0.6) is 5.75 Å². The van der Waals surface area contributed by atoms with Crippen LogP contribution in [0.2, 0.25) is 0 Å². The number of aryl methyl sites for hydroxylation is 2. The van der Waals surface area contributed by atoms with E-state index in [0.717, 1.165) is 38.2 Å². The minimum absolute atomic E-state index is 0.129. The van der Waals surface area contributed by atoms with Crippen molar-refractivity contribution in [1.82, 2.24) is 28.0 Å². The fourth-order valence-electron chi connectivity index (χ4n) is 5.15. The highest BCUT2D eigenvalue weighted by atomic mass is 79.9. The predicted octanol–water partition coefficient (Wildman–Crippen LogP) is 4.41. The van der Waals surface area contributed by atoms with Gasteiger partial charge in [0.25, 0.3) is 0 Å². The van der Waals surface area contributed by atoms with E-state index in [0.29, 0.717) is 23.4 Å². The number of benzene rings is 3. The van der Waals surface area contributed by atoms with E-state index < -0.39 is 10.0 Å². The fraction of sp³-hybridized carbons (Fsp3) is 0.172. The number of hydrogen-bond donors (Lipinski definition) is 1. The zero-order valence-corrected chi connectivity index (χ0v) is 25.2. The summed E-state index contributed by atoms with van der Waals surface area (Å²) in [6.07, 6.45) is 1.98. The van der Waals surface area contributed by atoms with Crippen LogP contribution in [0.4, 0.5) is 0 Å². The number of sulfonamides is 1. The molecule has 0 radical (unpaired) electrons. The van der Waals surface area contributed by atoms with E-state index in [9.17, 15) is 13.2 Å². The number of ether oxygens (including phenoxy) is 1. The third-order valence-electron chi connectivity index (χ3n) is 7.37. The van der Waals surface area contributed by atoms with Crippen molar-refractivity contribution >= 4 is 48.0 Å². The van der Waals surface area contributed by atoms with Crippen LogP contribution in [0.15, 0.2) is 87.1 Å². The molecule has 0 aliphatic carbocycles. The van der Waals surface area contributed by atoms with Gasteiger partial charge in [0, 0.05) is 37.0 Å². The lowest BCUT2D eigenvalue weighted by Gasteiger charge is -2.14. The molecule has 1 N–H and O–H groups in total. The number of hydrogen-bond acceptors (Lipinski definition) is 5. The summed E-state index contributed by atoms with van der Waals surface area (Å²) < 4.78 is 41.4. The molecule has 0 atom stereocenters. The maximum atomic E-state index is 12.7. The Morgan fingerprint density at radius 1 is 0.951 bits per heavy atom. The van der Waals surface area contributed by atoms with Gasteiger partial charge in [-0.25, -0.2) is 22.9 Å². The normalized spacial score (nSPS) is 12.0. The molecule has 41 heavy (non-hydrogen) atoms. The molecule has 0 spiro atoms. The van der Waals surface area contributed by atoms with E-state index in [1.165, 1.54) is 7.05 Å². The summed E-state index contributed by atoms with van der Waals surface area (Å²) >= 11 is 3.65. The summed E-state index contributed by atoms with van der Waals surface area (Å²) in [5.41, 5.74) is 5.25. The lowest BCUT2D eigenvalue weighted by molar-refractivity contribution is 0.414. The van der Waals surface area contributed by atoms with E-state index >= 15 is 0 Å². The first-order valence-corrected chi connectivity index (χ1v) is 15.0. The van der Waals surface area contributed by atoms with Crippen LogP contribution in [0.3, 0.4) is 0 Å². The minimum atomic E-state index is -3.70.